The van der Waals surface area contributed by atoms with E-state index in [0.717, 1.165) is 88.2 Å². The molecule has 130 heavy (non-hydrogen) atoms. The molecule has 2 aromatic carbocycles. The van der Waals surface area contributed by atoms with Crippen molar-refractivity contribution in [3.05, 3.63) is 71.8 Å². The Hall–Kier alpha value is -6.33. The number of hydrogen-bond donors (Lipinski definition) is 0. The average molecular weight is 1820 g/mol. The van der Waals surface area contributed by atoms with E-state index in [-0.39, 0.29) is 81.2 Å². The second kappa shape index (κ2) is 44.7. The lowest BCUT2D eigenvalue weighted by atomic mass is 9.54. The fraction of sp³-hybridized carbons (Fsp3) is 0.812. The van der Waals surface area contributed by atoms with Gasteiger partial charge in [0.2, 0.25) is 0 Å². The van der Waals surface area contributed by atoms with E-state index in [4.69, 9.17) is 42.6 Å². The summed E-state index contributed by atoms with van der Waals surface area (Å²) in [6, 6.07) is 19.7. The number of methoxy groups -OCH3 is 1. The summed E-state index contributed by atoms with van der Waals surface area (Å²) < 4.78 is 53.6. The maximum Gasteiger partial charge on any atom is 0.312 e. The Morgan fingerprint density at radius 1 is 0.277 bits per heavy atom. The van der Waals surface area contributed by atoms with E-state index in [1.807, 2.05) is 213 Å². The van der Waals surface area contributed by atoms with E-state index >= 15 is 0 Å². The van der Waals surface area contributed by atoms with Crippen LogP contribution in [0.1, 0.15) is 438 Å². The summed E-state index contributed by atoms with van der Waals surface area (Å²) >= 11 is 0. The van der Waals surface area contributed by atoms with Gasteiger partial charge in [-0.05, 0) is 406 Å². The van der Waals surface area contributed by atoms with Gasteiger partial charge < -0.3 is 42.6 Å². The molecule has 0 saturated heterocycles. The summed E-state index contributed by atoms with van der Waals surface area (Å²) in [7, 11) is 1.38. The zero-order valence-corrected chi connectivity index (χ0v) is 88.0. The van der Waals surface area contributed by atoms with Gasteiger partial charge in [-0.3, -0.25) is 43.2 Å². The van der Waals surface area contributed by atoms with Crippen molar-refractivity contribution in [3.63, 3.8) is 0 Å². The van der Waals surface area contributed by atoms with Crippen LogP contribution < -0.4 is 0 Å². The quantitative estimate of drug-likeness (QED) is 0.0340. The summed E-state index contributed by atoms with van der Waals surface area (Å²) in [6.07, 6.45) is 26.5. The van der Waals surface area contributed by atoms with Crippen molar-refractivity contribution >= 4 is 53.7 Å². The van der Waals surface area contributed by atoms with Crippen LogP contribution in [0.5, 0.6) is 0 Å². The van der Waals surface area contributed by atoms with Gasteiger partial charge in [0.05, 0.1) is 75.7 Å². The second-order valence-electron chi connectivity index (χ2n) is 51.1. The van der Waals surface area contributed by atoms with Crippen LogP contribution in [0.2, 0.25) is 0 Å². The molecule has 0 N–H and O–H groups in total. The van der Waals surface area contributed by atoms with Crippen molar-refractivity contribution < 1.29 is 85.8 Å². The van der Waals surface area contributed by atoms with E-state index in [9.17, 15) is 43.2 Å². The van der Waals surface area contributed by atoms with Crippen molar-refractivity contribution in [1.29, 1.82) is 0 Å². The molecule has 8 fully saturated rings. The largest absolute Gasteiger partial charge is 0.469 e. The predicted octanol–water partition coefficient (Wildman–Crippen LogP) is 27.5. The van der Waals surface area contributed by atoms with Crippen molar-refractivity contribution in [2.45, 2.75) is 455 Å². The topological polar surface area (TPSA) is 237 Å². The highest BCUT2D eigenvalue weighted by Crippen LogP contribution is 2.60. The number of ether oxygens (including phenoxy) is 9. The lowest BCUT2D eigenvalue weighted by Crippen LogP contribution is -2.54. The smallest absolute Gasteiger partial charge is 0.312 e. The molecule has 0 radical (unpaired) electrons. The Balaban J connectivity index is 0.000000309. The lowest BCUT2D eigenvalue weighted by molar-refractivity contribution is -0.199. The van der Waals surface area contributed by atoms with Crippen LogP contribution in [-0.4, -0.2) is 103 Å². The number of benzene rings is 2. The van der Waals surface area contributed by atoms with Gasteiger partial charge in [-0.15, -0.1) is 0 Å². The fourth-order valence-electron chi connectivity index (χ4n) is 21.0. The van der Waals surface area contributed by atoms with Crippen LogP contribution in [0.3, 0.4) is 0 Å². The van der Waals surface area contributed by atoms with Crippen LogP contribution in [-0.2, 0) is 91.4 Å². The molecule has 8 aliphatic rings. The molecule has 0 heterocycles. The minimum atomic E-state index is -0.992. The van der Waals surface area contributed by atoms with Gasteiger partial charge in [-0.2, -0.15) is 0 Å². The standard InChI is InChI=1S/C47H68O6.C37H64O6.C28H52O6/c1-10-44(7,40(49)51-27-17-22-42(2,3)4)25-26-45(8,41(50)53-47-31-34-28-35(32-47)30-36(29-34)33-47)24-23-43(5,6)39(48)52-46(9,37-18-13-11-14-19-37)38-20-15-12-16-21-38;1-12-35(10,30(39)41-19-13-14-32(2,3)4)17-18-36(11,16-15-34(8,9)29(38)42-33(5,6)7)31(40)43-37-23-26-20-27(24-37)22-28(21-26)25-37;1-13-27(10,23(31)33-20-14-15-24(2,3)4)18-19-28(11,22(30)32-12)17-16-26(8,9)21(29)34-25(5,6)7/h11-16,18-21,34-36H,10,17,22-33H2,1-9H3;26-28H,12-25H2,1-11H3;13-20H2,1-12H3. The Morgan fingerprint density at radius 3 is 0.723 bits per heavy atom. The maximum atomic E-state index is 14.7. The molecule has 0 aliphatic heterocycles. The molecule has 10 rings (SSSR count). The van der Waals surface area contributed by atoms with Crippen LogP contribution in [0.4, 0.5) is 0 Å². The SMILES string of the molecule is CCC(C)(CCC(C)(CCC(C)(C)C(=O)OC(C)(C)C)C(=O)OC)C(=O)OCCCC(C)(C)C.CCC(C)(CCC(C)(CCC(C)(C)C(=O)OC(C)(C)C)C(=O)OC12CC3CC(CC(C3)C1)C2)C(=O)OCCCC(C)(C)C.CCC(C)(CCC(C)(CCC(C)(C)C(=O)OC(C)(c1ccccc1)c1ccccc1)C(=O)OC12CC3CC(CC(C3)C1)C2)C(=O)OCCCC(C)(C)C. The highest BCUT2D eigenvalue weighted by Gasteiger charge is 2.58. The first-order valence-electron chi connectivity index (χ1n) is 50.5. The minimum Gasteiger partial charge on any atom is -0.469 e. The molecule has 6 unspecified atom stereocenters. The van der Waals surface area contributed by atoms with Gasteiger partial charge in [0.25, 0.3) is 0 Å². The zero-order chi connectivity index (χ0) is 98.2. The van der Waals surface area contributed by atoms with Crippen molar-refractivity contribution in [2.24, 2.45) is 100 Å². The molecular formula is C112H184O18. The zero-order valence-electron chi connectivity index (χ0n) is 88.0. The Labute approximate surface area is 788 Å². The first-order chi connectivity index (χ1) is 59.6. The van der Waals surface area contributed by atoms with E-state index in [0.29, 0.717) is 152 Å². The summed E-state index contributed by atoms with van der Waals surface area (Å²) in [4.78, 5) is 122. The van der Waals surface area contributed by atoms with E-state index in [1.165, 1.54) is 45.6 Å². The highest BCUT2D eigenvalue weighted by atomic mass is 16.6. The molecule has 740 valence electrons. The van der Waals surface area contributed by atoms with Gasteiger partial charge >= 0.3 is 53.7 Å². The van der Waals surface area contributed by atoms with Gasteiger partial charge in [-0.25, -0.2) is 0 Å². The molecule has 0 amide bonds. The number of carbonyl (C=O) groups is 9. The normalized spacial score (nSPS) is 23.7. The molecule has 18 heteroatoms. The maximum absolute atomic E-state index is 14.7. The molecule has 18 nitrogen and oxygen atoms in total. The third-order valence-corrected chi connectivity index (χ3v) is 31.0. The van der Waals surface area contributed by atoms with Crippen LogP contribution in [0.15, 0.2) is 60.7 Å². The van der Waals surface area contributed by atoms with Crippen molar-refractivity contribution in [2.75, 3.05) is 26.9 Å². The van der Waals surface area contributed by atoms with E-state index in [2.05, 4.69) is 62.3 Å². The van der Waals surface area contributed by atoms with E-state index < -0.39 is 65.5 Å². The number of esters is 9. The molecule has 8 aliphatic carbocycles. The Kier molecular flexibility index (Phi) is 38.6. The fourth-order valence-corrected chi connectivity index (χ4v) is 21.0. The minimum absolute atomic E-state index is 0.161. The number of rotatable bonds is 44. The monoisotopic (exact) mass is 1820 g/mol. The van der Waals surface area contributed by atoms with Gasteiger partial charge in [0, 0.05) is 0 Å². The summed E-state index contributed by atoms with van der Waals surface area (Å²) in [5.41, 5.74) is -7.54. The first-order valence-corrected chi connectivity index (χ1v) is 50.5. The second-order valence-corrected chi connectivity index (χ2v) is 51.1. The highest BCUT2D eigenvalue weighted by molar-refractivity contribution is 5.82. The third kappa shape index (κ3) is 33.0. The van der Waals surface area contributed by atoms with Crippen LogP contribution >= 0.6 is 0 Å². The first kappa shape index (κ1) is 112. The lowest BCUT2D eigenvalue weighted by Gasteiger charge is -2.56. The Bertz CT molecular complexity index is 3910. The van der Waals surface area contributed by atoms with Gasteiger partial charge in [0.15, 0.2) is 5.60 Å². The summed E-state index contributed by atoms with van der Waals surface area (Å²) in [5.74, 6) is 1.83. The summed E-state index contributed by atoms with van der Waals surface area (Å²) in [6.45, 7) is 63.0. The van der Waals surface area contributed by atoms with Gasteiger partial charge in [0.1, 0.15) is 22.4 Å². The van der Waals surface area contributed by atoms with Crippen LogP contribution in [0, 0.1) is 100 Å². The van der Waals surface area contributed by atoms with Crippen molar-refractivity contribution in [1.82, 2.24) is 0 Å². The Morgan fingerprint density at radius 2 is 0.500 bits per heavy atom. The molecule has 6 atom stereocenters. The van der Waals surface area contributed by atoms with Crippen molar-refractivity contribution in [3.8, 4) is 0 Å². The third-order valence-electron chi connectivity index (χ3n) is 31.0. The number of hydrogen-bond acceptors (Lipinski definition) is 18. The van der Waals surface area contributed by atoms with Crippen LogP contribution in [0.25, 0.3) is 0 Å². The molecule has 2 aromatic rings. The average Bonchev–Trinajstić information content (AvgIpc) is 0.746. The summed E-state index contributed by atoms with van der Waals surface area (Å²) in [5, 5.41) is 0. The molecular weight excluding hydrogens is 1630 g/mol. The molecule has 8 saturated carbocycles. The van der Waals surface area contributed by atoms with E-state index in [1.54, 1.807) is 0 Å². The molecule has 0 spiro atoms. The van der Waals surface area contributed by atoms with Gasteiger partial charge in [-0.1, -0.05) is 144 Å². The molecule has 0 aromatic heterocycles. The molecule has 8 bridgehead atoms. The predicted molar refractivity (Wildman–Crippen MR) is 518 cm³/mol. The number of carbonyl (C=O) groups excluding carboxylic acids is 9.